The van der Waals surface area contributed by atoms with Crippen molar-refractivity contribution in [2.45, 2.75) is 136 Å². The molecule has 1 aliphatic carbocycles. The number of hydrogen-bond acceptors (Lipinski definition) is 1. The molecule has 0 amide bonds. The van der Waals surface area contributed by atoms with E-state index in [-0.39, 0.29) is 22.7 Å². The van der Waals surface area contributed by atoms with Crippen molar-refractivity contribution in [3.05, 3.63) is 94.3 Å². The minimum Gasteiger partial charge on any atom is -0.258 e. The van der Waals surface area contributed by atoms with Crippen LogP contribution in [0.2, 0.25) is 0 Å². The van der Waals surface area contributed by atoms with Gasteiger partial charge in [0.2, 0.25) is 11.4 Å². The van der Waals surface area contributed by atoms with Crippen LogP contribution in [0, 0.1) is 5.82 Å². The fourth-order valence-electron chi connectivity index (χ4n) is 9.17. The second-order valence-electron chi connectivity index (χ2n) is 16.4. The molecule has 0 fully saturated rings. The first-order valence-electron chi connectivity index (χ1n) is 18.5. The number of pyridine rings is 1. The highest BCUT2D eigenvalue weighted by Crippen LogP contribution is 2.54. The molecule has 48 heavy (non-hydrogen) atoms. The Morgan fingerprint density at radius 3 is 2.50 bits per heavy atom. The predicted octanol–water partition coefficient (Wildman–Crippen LogP) is 9.85. The van der Waals surface area contributed by atoms with E-state index in [0.29, 0.717) is 0 Å². The van der Waals surface area contributed by atoms with Gasteiger partial charge in [-0.1, -0.05) is 80.0 Å². The van der Waals surface area contributed by atoms with E-state index in [2.05, 4.69) is 125 Å². The van der Waals surface area contributed by atoms with Gasteiger partial charge in [-0.2, -0.15) is 9.67 Å². The van der Waals surface area contributed by atoms with Crippen LogP contribution in [0.3, 0.4) is 0 Å². The maximum atomic E-state index is 16.6. The normalized spacial score (nSPS) is 19.2. The van der Waals surface area contributed by atoms with Gasteiger partial charge in [-0.05, 0) is 59.5 Å². The lowest BCUT2D eigenvalue weighted by molar-refractivity contribution is -0.756. The molecule has 0 radical (unpaired) electrons. The Hall–Kier alpha value is -3.60. The van der Waals surface area contributed by atoms with Gasteiger partial charge in [0.05, 0.1) is 16.6 Å². The van der Waals surface area contributed by atoms with E-state index in [1.807, 2.05) is 0 Å². The van der Waals surface area contributed by atoms with E-state index in [1.165, 1.54) is 44.6 Å². The van der Waals surface area contributed by atoms with Crippen molar-refractivity contribution in [2.75, 3.05) is 7.05 Å². The molecule has 1 unspecified atom stereocenters. The fraction of sp³-hybridized carbons (Fsp3) is 0.512. The third kappa shape index (κ3) is 5.01. The topological polar surface area (TPSA) is 24.7 Å². The number of aryl methyl sites for hydroxylation is 1. The summed E-state index contributed by atoms with van der Waals surface area (Å²) in [6, 6.07) is 13.4. The monoisotopic (exact) mass is 646 g/mol. The minimum absolute atomic E-state index is 0.0693. The van der Waals surface area contributed by atoms with Crippen molar-refractivity contribution >= 4 is 16.5 Å². The molecule has 0 spiro atoms. The number of hydrogen-bond donors (Lipinski definition) is 0. The number of halogens is 1. The summed E-state index contributed by atoms with van der Waals surface area (Å²) in [6.45, 7) is 19.0. The Labute approximate surface area is 287 Å². The van der Waals surface area contributed by atoms with Crippen molar-refractivity contribution < 1.29 is 13.5 Å². The molecule has 4 aromatic rings. The van der Waals surface area contributed by atoms with Crippen molar-refractivity contribution in [3.63, 3.8) is 0 Å². The highest BCUT2D eigenvalue weighted by Gasteiger charge is 2.50. The first kappa shape index (κ1) is 32.9. The van der Waals surface area contributed by atoms with Gasteiger partial charge in [0, 0.05) is 60.6 Å². The Bertz CT molecular complexity index is 1980. The molecule has 0 bridgehead atoms. The van der Waals surface area contributed by atoms with Gasteiger partial charge >= 0.3 is 0 Å². The number of nitrogens with zero attached hydrogens (tertiary/aromatic N) is 4. The molecule has 4 heterocycles. The van der Waals surface area contributed by atoms with Crippen molar-refractivity contribution in [2.24, 2.45) is 0 Å². The second kappa shape index (κ2) is 11.8. The molecule has 7 rings (SSSR count). The molecule has 0 saturated carbocycles. The van der Waals surface area contributed by atoms with Crippen LogP contribution < -0.4 is 4.57 Å². The van der Waals surface area contributed by atoms with E-state index in [4.69, 9.17) is 5.10 Å². The fourth-order valence-corrected chi connectivity index (χ4v) is 9.17. The number of aromatic nitrogens is 3. The lowest BCUT2D eigenvalue weighted by atomic mass is 9.67. The maximum absolute atomic E-state index is 16.6. The van der Waals surface area contributed by atoms with Gasteiger partial charge in [0.15, 0.2) is 17.9 Å². The zero-order valence-electron chi connectivity index (χ0n) is 30.8. The minimum atomic E-state index is -0.471. The van der Waals surface area contributed by atoms with Crippen LogP contribution in [0.15, 0.2) is 54.9 Å². The van der Waals surface area contributed by atoms with E-state index in [9.17, 15) is 0 Å². The average Bonchev–Trinajstić information content (AvgIpc) is 3.44. The lowest BCUT2D eigenvalue weighted by Crippen LogP contribution is -2.57. The predicted molar refractivity (Wildman–Crippen MR) is 196 cm³/mol. The number of rotatable bonds is 8. The van der Waals surface area contributed by atoms with Crippen molar-refractivity contribution in [1.82, 2.24) is 9.78 Å². The molecular formula is C43H55FN4+2. The van der Waals surface area contributed by atoms with E-state index in [0.717, 1.165) is 74.7 Å². The molecule has 252 valence electrons. The van der Waals surface area contributed by atoms with Crippen LogP contribution in [0.25, 0.3) is 22.0 Å². The van der Waals surface area contributed by atoms with Crippen molar-refractivity contribution in [1.29, 1.82) is 0 Å². The summed E-state index contributed by atoms with van der Waals surface area (Å²) in [6.07, 6.45) is 15.2. The van der Waals surface area contributed by atoms with E-state index in [1.54, 1.807) is 6.07 Å². The Morgan fingerprint density at radius 2 is 1.81 bits per heavy atom. The molecular weight excluding hydrogens is 591 g/mol. The van der Waals surface area contributed by atoms with Crippen LogP contribution in [0.4, 0.5) is 4.39 Å². The number of unbranched alkanes of at least 4 members (excludes halogenated alkanes) is 1. The summed E-state index contributed by atoms with van der Waals surface area (Å²) in [5.41, 5.74) is 10.1. The third-order valence-corrected chi connectivity index (χ3v) is 12.1. The van der Waals surface area contributed by atoms with Gasteiger partial charge in [-0.25, -0.2) is 8.97 Å². The van der Waals surface area contributed by atoms with Gasteiger partial charge in [-0.15, -0.1) is 0 Å². The van der Waals surface area contributed by atoms with Crippen LogP contribution in [0.1, 0.15) is 140 Å². The molecule has 5 heteroatoms. The zero-order valence-corrected chi connectivity index (χ0v) is 30.8. The first-order chi connectivity index (χ1) is 22.8. The standard InChI is InChI=1S/C43H55FN4/c1-10-13-16-28-23-29-20-22-47-40-37(29)32(24-28)42(7,8)39-33(44)19-18-31(38(39)40)30(26-43(47,11-2)12-3)27-48-35(25-36(45-48)41(4,5)6)34-17-14-15-21-46(34)9/h15,18-25,30H,10-14,16-17,26-27H2,1-9H3/q+2. The van der Waals surface area contributed by atoms with Crippen LogP contribution in [-0.4, -0.2) is 27.1 Å². The number of allylic oxidation sites excluding steroid dienone is 1. The summed E-state index contributed by atoms with van der Waals surface area (Å²) in [7, 11) is 2.16. The van der Waals surface area contributed by atoms with E-state index < -0.39 is 5.41 Å². The van der Waals surface area contributed by atoms with Crippen molar-refractivity contribution in [3.8, 4) is 11.3 Å². The smallest absolute Gasteiger partial charge is 0.221 e. The quantitative estimate of drug-likeness (QED) is 0.175. The highest BCUT2D eigenvalue weighted by molar-refractivity contribution is 6.01. The largest absolute Gasteiger partial charge is 0.258 e. The Kier molecular flexibility index (Phi) is 8.08. The van der Waals surface area contributed by atoms with Gasteiger partial charge in [0.1, 0.15) is 18.6 Å². The molecule has 0 saturated heterocycles. The second-order valence-corrected chi connectivity index (χ2v) is 16.4. The molecule has 0 N–H and O–H groups in total. The summed E-state index contributed by atoms with van der Waals surface area (Å²) >= 11 is 0. The molecule has 1 atom stereocenters. The molecule has 3 aliphatic rings. The average molecular weight is 647 g/mol. The highest BCUT2D eigenvalue weighted by atomic mass is 19.1. The molecule has 2 aromatic carbocycles. The van der Waals surface area contributed by atoms with Gasteiger partial charge in [0.25, 0.3) is 0 Å². The summed E-state index contributed by atoms with van der Waals surface area (Å²) in [5, 5.41) is 7.97. The molecule has 2 aromatic heterocycles. The molecule has 2 aliphatic heterocycles. The molecule has 4 nitrogen and oxygen atoms in total. The summed E-state index contributed by atoms with van der Waals surface area (Å²) < 4.78 is 23.7. The van der Waals surface area contributed by atoms with Crippen LogP contribution >= 0.6 is 0 Å². The van der Waals surface area contributed by atoms with Crippen LogP contribution in [-0.2, 0) is 29.3 Å². The SMILES string of the molecule is CCCCc1cc2c3c4[n+](ccc3c1)C(CC)(CC)CC(Cn1nc(C(C)(C)C)cc1C1=[N+](C)C=CCC1)c1ccc(F)c(c1-4)C2(C)C. The Morgan fingerprint density at radius 1 is 1.04 bits per heavy atom. The zero-order chi connectivity index (χ0) is 34.2. The van der Waals surface area contributed by atoms with Crippen LogP contribution in [0.5, 0.6) is 0 Å². The summed E-state index contributed by atoms with van der Waals surface area (Å²) in [4.78, 5) is 0. The third-order valence-electron chi connectivity index (χ3n) is 12.1. The number of benzene rings is 2. The lowest BCUT2D eigenvalue weighted by Gasteiger charge is -2.36. The van der Waals surface area contributed by atoms with Gasteiger partial charge in [-0.3, -0.25) is 4.68 Å². The van der Waals surface area contributed by atoms with Gasteiger partial charge < -0.3 is 0 Å². The first-order valence-corrected chi connectivity index (χ1v) is 18.5. The maximum Gasteiger partial charge on any atom is 0.221 e. The summed E-state index contributed by atoms with van der Waals surface area (Å²) in [5.74, 6) is 0.0685. The Balaban J connectivity index is 1.51. The van der Waals surface area contributed by atoms with E-state index >= 15 is 4.39 Å².